The van der Waals surface area contributed by atoms with Gasteiger partial charge in [-0.3, -0.25) is 0 Å². The van der Waals surface area contributed by atoms with Gasteiger partial charge in [-0.15, -0.1) is 0 Å². The zero-order chi connectivity index (χ0) is 50.4. The summed E-state index contributed by atoms with van der Waals surface area (Å²) in [6.45, 7) is 21.2. The van der Waals surface area contributed by atoms with Crippen molar-refractivity contribution in [3.8, 4) is 0 Å². The quantitative estimate of drug-likeness (QED) is 0.0342. The van der Waals surface area contributed by atoms with E-state index in [0.29, 0.717) is 13.2 Å². The minimum atomic E-state index is -0.218. The van der Waals surface area contributed by atoms with Crippen LogP contribution in [0.4, 0.5) is 0 Å². The fraction of sp³-hybridized carbons (Fsp3) is 0.935. The van der Waals surface area contributed by atoms with E-state index in [1.165, 1.54) is 167 Å². The summed E-state index contributed by atoms with van der Waals surface area (Å²) in [6.07, 6.45) is 49.9. The molecule has 0 aromatic carbocycles. The van der Waals surface area contributed by atoms with Crippen LogP contribution in [0, 0.1) is 0 Å². The highest BCUT2D eigenvalue weighted by Gasteiger charge is 2.25. The van der Waals surface area contributed by atoms with Crippen LogP contribution in [-0.4, -0.2) is 52.2 Å². The Labute approximate surface area is 431 Å². The highest BCUT2D eigenvalue weighted by molar-refractivity contribution is 5.09. The molecule has 0 aromatic rings. The van der Waals surface area contributed by atoms with E-state index < -0.39 is 0 Å². The highest BCUT2D eigenvalue weighted by atomic mass is 16.7. The summed E-state index contributed by atoms with van der Waals surface area (Å²) in [4.78, 5) is 0. The summed E-state index contributed by atoms with van der Waals surface area (Å²) < 4.78 is 46.9. The zero-order valence-corrected chi connectivity index (χ0v) is 48.0. The van der Waals surface area contributed by atoms with Crippen molar-refractivity contribution in [2.75, 3.05) is 40.0 Å². The molecular formula is C62H122O7. The van der Waals surface area contributed by atoms with Gasteiger partial charge in [0.05, 0.1) is 26.4 Å². The molecule has 7 nitrogen and oxygen atoms in total. The lowest BCUT2D eigenvalue weighted by atomic mass is 10.0. The lowest BCUT2D eigenvalue weighted by molar-refractivity contribution is -0.167. The maximum absolute atomic E-state index is 6.80. The Morgan fingerprint density at radius 3 is 0.797 bits per heavy atom. The van der Waals surface area contributed by atoms with Gasteiger partial charge >= 0.3 is 0 Å². The van der Waals surface area contributed by atoms with Crippen molar-refractivity contribution in [2.24, 2.45) is 0 Å². The molecule has 0 bridgehead atoms. The Morgan fingerprint density at radius 2 is 0.507 bits per heavy atom. The molecule has 0 N–H and O–H groups in total. The van der Waals surface area contributed by atoms with E-state index in [1.54, 1.807) is 0 Å². The third-order valence-electron chi connectivity index (χ3n) is 13.6. The van der Waals surface area contributed by atoms with Gasteiger partial charge in [0, 0.05) is 12.8 Å². The molecule has 0 fully saturated rings. The third-order valence-corrected chi connectivity index (χ3v) is 13.6. The van der Waals surface area contributed by atoms with Crippen molar-refractivity contribution < 1.29 is 33.2 Å². The van der Waals surface area contributed by atoms with Gasteiger partial charge in [0.1, 0.15) is 23.7 Å². The van der Waals surface area contributed by atoms with Crippen molar-refractivity contribution in [3.05, 3.63) is 23.0 Å². The first-order chi connectivity index (χ1) is 34.1. The van der Waals surface area contributed by atoms with Gasteiger partial charge < -0.3 is 33.2 Å². The number of allylic oxidation sites excluding steroid dienone is 2. The van der Waals surface area contributed by atoms with Gasteiger partial charge in [0.15, 0.2) is 25.1 Å². The van der Waals surface area contributed by atoms with Crippen molar-refractivity contribution in [3.63, 3.8) is 0 Å². The van der Waals surface area contributed by atoms with Gasteiger partial charge in [0.2, 0.25) is 0 Å². The van der Waals surface area contributed by atoms with E-state index in [4.69, 9.17) is 33.2 Å². The fourth-order valence-corrected chi connectivity index (χ4v) is 8.86. The van der Waals surface area contributed by atoms with E-state index in [9.17, 15) is 0 Å². The number of rotatable bonds is 58. The zero-order valence-electron chi connectivity index (χ0n) is 48.0. The normalized spacial score (nSPS) is 13.3. The van der Waals surface area contributed by atoms with Crippen LogP contribution < -0.4 is 0 Å². The SMILES string of the molecule is CCCCCCCCCCC(OCCCC)=C(OCCCC)C(CCCCCCCCC)OCOCOC(CCCCCCCCC)C(OCCCC)=C(CCCCCCCCCC)OCCCC. The van der Waals surface area contributed by atoms with E-state index in [1.807, 2.05) is 0 Å². The summed E-state index contributed by atoms with van der Waals surface area (Å²) in [6, 6.07) is 0. The monoisotopic (exact) mass is 979 g/mol. The minimum absolute atomic E-state index is 0.139. The second-order valence-electron chi connectivity index (χ2n) is 20.4. The van der Waals surface area contributed by atoms with Crippen molar-refractivity contribution in [2.45, 2.75) is 337 Å². The van der Waals surface area contributed by atoms with Crippen LogP contribution >= 0.6 is 0 Å². The Morgan fingerprint density at radius 1 is 0.261 bits per heavy atom. The second kappa shape index (κ2) is 55.9. The average Bonchev–Trinajstić information content (AvgIpc) is 3.35. The van der Waals surface area contributed by atoms with Gasteiger partial charge in [-0.1, -0.05) is 261 Å². The molecule has 0 amide bonds. The topological polar surface area (TPSA) is 64.6 Å². The second-order valence-corrected chi connectivity index (χ2v) is 20.4. The largest absolute Gasteiger partial charge is 0.494 e. The predicted molar refractivity (Wildman–Crippen MR) is 298 cm³/mol. The molecule has 0 radical (unpaired) electrons. The van der Waals surface area contributed by atoms with Crippen LogP contribution in [-0.2, 0) is 33.2 Å². The molecule has 0 saturated heterocycles. The van der Waals surface area contributed by atoms with Gasteiger partial charge in [-0.2, -0.15) is 0 Å². The summed E-state index contributed by atoms with van der Waals surface area (Å²) in [5.74, 6) is 3.85. The molecule has 0 rings (SSSR count). The molecule has 0 heterocycles. The molecule has 0 aliphatic carbocycles. The van der Waals surface area contributed by atoms with E-state index in [2.05, 4.69) is 55.4 Å². The van der Waals surface area contributed by atoms with Crippen molar-refractivity contribution in [1.82, 2.24) is 0 Å². The standard InChI is InChI=1S/C62H122O7/c1-9-17-25-29-33-37-41-43-47-57(64-51-21-13-5)61(66-53-23-15-7)59(49-45-39-35-31-27-19-11-3)68-55-63-56-69-60(50-46-40-36-32-28-20-12-4)62(67-54-24-16-8)58(65-52-22-14-6)48-44-42-38-34-30-26-18-10-2/h59-60H,9-56H2,1-8H3. The number of unbranched alkanes of at least 4 members (excludes halogenated alkanes) is 30. The van der Waals surface area contributed by atoms with Crippen molar-refractivity contribution >= 4 is 0 Å². The molecule has 7 heteroatoms. The smallest absolute Gasteiger partial charge is 0.162 e. The summed E-state index contributed by atoms with van der Waals surface area (Å²) >= 11 is 0. The van der Waals surface area contributed by atoms with Crippen LogP contribution in [0.3, 0.4) is 0 Å². The fourth-order valence-electron chi connectivity index (χ4n) is 8.86. The summed E-state index contributed by atoms with van der Waals surface area (Å²) in [5, 5.41) is 0. The van der Waals surface area contributed by atoms with Crippen LogP contribution in [0.1, 0.15) is 325 Å². The summed E-state index contributed by atoms with van der Waals surface area (Å²) in [5.41, 5.74) is 0. The maximum atomic E-state index is 6.80. The first-order valence-electron chi connectivity index (χ1n) is 30.9. The van der Waals surface area contributed by atoms with Crippen molar-refractivity contribution in [1.29, 1.82) is 0 Å². The molecule has 412 valence electrons. The lowest BCUT2D eigenvalue weighted by Gasteiger charge is -2.26. The maximum Gasteiger partial charge on any atom is 0.162 e. The number of ether oxygens (including phenoxy) is 7. The predicted octanol–water partition coefficient (Wildman–Crippen LogP) is 20.7. The minimum Gasteiger partial charge on any atom is -0.494 e. The van der Waals surface area contributed by atoms with Gasteiger partial charge in [-0.05, 0) is 51.4 Å². The molecule has 0 aliphatic heterocycles. The molecule has 0 saturated carbocycles. The van der Waals surface area contributed by atoms with Gasteiger partial charge in [-0.25, -0.2) is 0 Å². The molecule has 0 spiro atoms. The molecule has 0 aromatic heterocycles. The Bertz CT molecular complexity index is 993. The molecule has 69 heavy (non-hydrogen) atoms. The lowest BCUT2D eigenvalue weighted by Crippen LogP contribution is -2.25. The molecule has 2 atom stereocenters. The van der Waals surface area contributed by atoms with Crippen LogP contribution in [0.15, 0.2) is 23.0 Å². The Balaban J connectivity index is 6.53. The molecule has 0 aliphatic rings. The van der Waals surface area contributed by atoms with Crippen LogP contribution in [0.25, 0.3) is 0 Å². The number of hydrogen-bond acceptors (Lipinski definition) is 7. The van der Waals surface area contributed by atoms with Crippen LogP contribution in [0.2, 0.25) is 0 Å². The van der Waals surface area contributed by atoms with E-state index >= 15 is 0 Å². The Kier molecular flexibility index (Phi) is 54.7. The van der Waals surface area contributed by atoms with E-state index in [0.717, 1.165) is 139 Å². The first-order valence-corrected chi connectivity index (χ1v) is 30.9. The number of hydrogen-bond donors (Lipinski definition) is 0. The first kappa shape index (κ1) is 67.6. The van der Waals surface area contributed by atoms with Crippen LogP contribution in [0.5, 0.6) is 0 Å². The van der Waals surface area contributed by atoms with Gasteiger partial charge in [0.25, 0.3) is 0 Å². The molecule has 2 unspecified atom stereocenters. The third kappa shape index (κ3) is 42.7. The van der Waals surface area contributed by atoms with E-state index in [-0.39, 0.29) is 25.8 Å². The highest BCUT2D eigenvalue weighted by Crippen LogP contribution is 2.29. The summed E-state index contributed by atoms with van der Waals surface area (Å²) in [7, 11) is 0. The molecular weight excluding hydrogens is 857 g/mol. The Hall–Kier alpha value is -1.44. The average molecular weight is 980 g/mol.